The third-order valence-electron chi connectivity index (χ3n) is 5.89. The van der Waals surface area contributed by atoms with Gasteiger partial charge in [-0.1, -0.05) is 36.4 Å². The van der Waals surface area contributed by atoms with Crippen LogP contribution in [0.2, 0.25) is 0 Å². The first-order chi connectivity index (χ1) is 14.2. The number of carbonyl (C=O) groups excluding carboxylic acids is 2. The van der Waals surface area contributed by atoms with Crippen LogP contribution in [0.15, 0.2) is 60.7 Å². The Bertz CT molecular complexity index is 817. The fourth-order valence-electron chi connectivity index (χ4n) is 4.28. The molecule has 152 valence electrons. The van der Waals surface area contributed by atoms with Crippen molar-refractivity contribution < 1.29 is 14.3 Å². The van der Waals surface area contributed by atoms with Crippen molar-refractivity contribution in [3.8, 4) is 5.75 Å². The minimum atomic E-state index is 0.00491. The molecule has 0 radical (unpaired) electrons. The van der Waals surface area contributed by atoms with Gasteiger partial charge in [-0.05, 0) is 49.9 Å². The van der Waals surface area contributed by atoms with E-state index in [4.69, 9.17) is 4.74 Å². The number of para-hydroxylation sites is 1. The fourth-order valence-corrected chi connectivity index (χ4v) is 4.28. The zero-order valence-electron chi connectivity index (χ0n) is 16.7. The van der Waals surface area contributed by atoms with Gasteiger partial charge in [-0.25, -0.2) is 0 Å². The molecule has 2 aliphatic heterocycles. The summed E-state index contributed by atoms with van der Waals surface area (Å²) in [5, 5.41) is 0. The Morgan fingerprint density at radius 3 is 2.14 bits per heavy atom. The van der Waals surface area contributed by atoms with Crippen molar-refractivity contribution in [2.75, 3.05) is 26.2 Å². The van der Waals surface area contributed by atoms with Crippen LogP contribution in [0.1, 0.15) is 36.0 Å². The van der Waals surface area contributed by atoms with Crippen LogP contribution < -0.4 is 4.74 Å². The summed E-state index contributed by atoms with van der Waals surface area (Å²) >= 11 is 0. The van der Waals surface area contributed by atoms with E-state index in [1.807, 2.05) is 70.5 Å². The summed E-state index contributed by atoms with van der Waals surface area (Å²) in [6.45, 7) is 2.73. The summed E-state index contributed by atoms with van der Waals surface area (Å²) in [7, 11) is 0. The highest BCUT2D eigenvalue weighted by Gasteiger charge is 2.33. The highest BCUT2D eigenvalue weighted by Crippen LogP contribution is 2.24. The molecule has 2 aromatic carbocycles. The van der Waals surface area contributed by atoms with Crippen LogP contribution in [-0.2, 0) is 4.79 Å². The van der Waals surface area contributed by atoms with Crippen LogP contribution in [0.4, 0.5) is 0 Å². The van der Waals surface area contributed by atoms with Gasteiger partial charge in [-0.2, -0.15) is 0 Å². The van der Waals surface area contributed by atoms with Crippen LogP contribution in [0, 0.1) is 5.92 Å². The first-order valence-electron chi connectivity index (χ1n) is 10.6. The third kappa shape index (κ3) is 4.78. The van der Waals surface area contributed by atoms with E-state index in [0.717, 1.165) is 38.0 Å². The SMILES string of the molecule is O=C(c1ccccc1)N1CCC(C(=O)N2CCCC(Oc3ccccc3)C2)CC1. The average molecular weight is 392 g/mol. The van der Waals surface area contributed by atoms with Crippen molar-refractivity contribution in [3.63, 3.8) is 0 Å². The molecule has 1 unspecified atom stereocenters. The van der Waals surface area contributed by atoms with Crippen molar-refractivity contribution in [3.05, 3.63) is 66.2 Å². The molecule has 4 rings (SSSR count). The Morgan fingerprint density at radius 2 is 1.45 bits per heavy atom. The lowest BCUT2D eigenvalue weighted by Gasteiger charge is -2.37. The lowest BCUT2D eigenvalue weighted by molar-refractivity contribution is -0.139. The molecule has 2 amide bonds. The van der Waals surface area contributed by atoms with Gasteiger partial charge in [0.25, 0.3) is 5.91 Å². The van der Waals surface area contributed by atoms with Crippen molar-refractivity contribution in [1.29, 1.82) is 0 Å². The molecule has 1 atom stereocenters. The zero-order chi connectivity index (χ0) is 20.1. The van der Waals surface area contributed by atoms with E-state index >= 15 is 0 Å². The number of benzene rings is 2. The highest BCUT2D eigenvalue weighted by molar-refractivity contribution is 5.94. The summed E-state index contributed by atoms with van der Waals surface area (Å²) in [6, 6.07) is 19.2. The molecule has 0 N–H and O–H groups in total. The van der Waals surface area contributed by atoms with E-state index in [1.165, 1.54) is 0 Å². The van der Waals surface area contributed by atoms with Gasteiger partial charge in [0.2, 0.25) is 5.91 Å². The van der Waals surface area contributed by atoms with Crippen LogP contribution in [-0.4, -0.2) is 53.9 Å². The molecule has 2 aromatic rings. The monoisotopic (exact) mass is 392 g/mol. The number of nitrogens with zero attached hydrogens (tertiary/aromatic N) is 2. The van der Waals surface area contributed by atoms with Crippen LogP contribution in [0.25, 0.3) is 0 Å². The van der Waals surface area contributed by atoms with E-state index in [9.17, 15) is 9.59 Å². The molecule has 2 fully saturated rings. The van der Waals surface area contributed by atoms with Gasteiger partial charge in [0, 0.05) is 31.1 Å². The van der Waals surface area contributed by atoms with Crippen LogP contribution in [0.3, 0.4) is 0 Å². The fraction of sp³-hybridized carbons (Fsp3) is 0.417. The maximum atomic E-state index is 13.1. The van der Waals surface area contributed by atoms with Gasteiger partial charge in [0.15, 0.2) is 0 Å². The Hall–Kier alpha value is -2.82. The molecular formula is C24H28N2O3. The van der Waals surface area contributed by atoms with E-state index in [1.54, 1.807) is 0 Å². The topological polar surface area (TPSA) is 49.9 Å². The van der Waals surface area contributed by atoms with Gasteiger partial charge in [0.1, 0.15) is 11.9 Å². The summed E-state index contributed by atoms with van der Waals surface area (Å²) < 4.78 is 6.07. The van der Waals surface area contributed by atoms with Gasteiger partial charge in [-0.3, -0.25) is 9.59 Å². The first kappa shape index (κ1) is 19.5. The molecule has 0 aromatic heterocycles. The second-order valence-electron chi connectivity index (χ2n) is 7.91. The number of piperidine rings is 2. The normalized spacial score (nSPS) is 20.3. The molecule has 29 heavy (non-hydrogen) atoms. The molecular weight excluding hydrogens is 364 g/mol. The third-order valence-corrected chi connectivity index (χ3v) is 5.89. The Morgan fingerprint density at radius 1 is 0.793 bits per heavy atom. The number of carbonyl (C=O) groups is 2. The standard InChI is InChI=1S/C24H28N2O3/c27-23(19-8-3-1-4-9-19)25-16-13-20(14-17-25)24(28)26-15-7-12-22(18-26)29-21-10-5-2-6-11-21/h1-6,8-11,20,22H,7,12-18H2. The largest absolute Gasteiger partial charge is 0.489 e. The highest BCUT2D eigenvalue weighted by atomic mass is 16.5. The second kappa shape index (κ2) is 9.12. The predicted octanol–water partition coefficient (Wildman–Crippen LogP) is 3.61. The van der Waals surface area contributed by atoms with E-state index in [0.29, 0.717) is 25.2 Å². The van der Waals surface area contributed by atoms with Gasteiger partial charge < -0.3 is 14.5 Å². The maximum absolute atomic E-state index is 13.1. The Balaban J connectivity index is 1.29. The van der Waals surface area contributed by atoms with Crippen molar-refractivity contribution >= 4 is 11.8 Å². The molecule has 0 spiro atoms. The minimum absolute atomic E-state index is 0.00491. The molecule has 5 nitrogen and oxygen atoms in total. The number of hydrogen-bond donors (Lipinski definition) is 0. The molecule has 5 heteroatoms. The smallest absolute Gasteiger partial charge is 0.253 e. The second-order valence-corrected chi connectivity index (χ2v) is 7.91. The molecule has 2 aliphatic rings. The molecule has 0 saturated carbocycles. The molecule has 2 heterocycles. The van der Waals surface area contributed by atoms with E-state index in [2.05, 4.69) is 0 Å². The lowest BCUT2D eigenvalue weighted by atomic mass is 9.93. The van der Waals surface area contributed by atoms with E-state index < -0.39 is 0 Å². The van der Waals surface area contributed by atoms with Crippen molar-refractivity contribution in [1.82, 2.24) is 9.80 Å². The maximum Gasteiger partial charge on any atom is 0.253 e. The van der Waals surface area contributed by atoms with Crippen molar-refractivity contribution in [2.45, 2.75) is 31.8 Å². The van der Waals surface area contributed by atoms with Gasteiger partial charge >= 0.3 is 0 Å². The minimum Gasteiger partial charge on any atom is -0.489 e. The van der Waals surface area contributed by atoms with Crippen LogP contribution in [0.5, 0.6) is 5.75 Å². The number of likely N-dealkylation sites (tertiary alicyclic amines) is 2. The zero-order valence-corrected chi connectivity index (χ0v) is 16.7. The Kier molecular flexibility index (Phi) is 6.13. The van der Waals surface area contributed by atoms with Crippen LogP contribution >= 0.6 is 0 Å². The molecule has 2 saturated heterocycles. The molecule has 0 bridgehead atoms. The summed E-state index contributed by atoms with van der Waals surface area (Å²) in [5.41, 5.74) is 0.717. The summed E-state index contributed by atoms with van der Waals surface area (Å²) in [5.74, 6) is 1.15. The Labute approximate surface area is 172 Å². The number of rotatable bonds is 4. The number of hydrogen-bond acceptors (Lipinski definition) is 3. The van der Waals surface area contributed by atoms with Gasteiger partial charge in [-0.15, -0.1) is 0 Å². The average Bonchev–Trinajstić information content (AvgIpc) is 2.80. The summed E-state index contributed by atoms with van der Waals surface area (Å²) in [6.07, 6.45) is 3.46. The van der Waals surface area contributed by atoms with Gasteiger partial charge in [0.05, 0.1) is 6.54 Å². The van der Waals surface area contributed by atoms with E-state index in [-0.39, 0.29) is 23.8 Å². The van der Waals surface area contributed by atoms with Crippen molar-refractivity contribution in [2.24, 2.45) is 5.92 Å². The number of amides is 2. The lowest BCUT2D eigenvalue weighted by Crippen LogP contribution is -2.49. The first-order valence-corrected chi connectivity index (χ1v) is 10.6. The summed E-state index contributed by atoms with van der Waals surface area (Å²) in [4.78, 5) is 29.5. The quantitative estimate of drug-likeness (QED) is 0.799. The predicted molar refractivity (Wildman–Crippen MR) is 112 cm³/mol. The molecule has 0 aliphatic carbocycles. The number of ether oxygens (including phenoxy) is 1.